The quantitative estimate of drug-likeness (QED) is 0.240. The Morgan fingerprint density at radius 2 is 1.96 bits per heavy atom. The van der Waals surface area contributed by atoms with Crippen molar-refractivity contribution in [2.24, 2.45) is 0 Å². The van der Waals surface area contributed by atoms with Crippen molar-refractivity contribution in [2.45, 2.75) is 20.4 Å². The first-order valence-electron chi connectivity index (χ1n) is 7.70. The standard InChI is InChI=1S/C14H17N3O3S.C2H2O4/c1-4-6-15-7-9-16-12(18)10-8(3)11(14(19)20-5-2)21-13(10)17-9;3-1(4)2(5)6/h4,15H,1,5-7H2,2-3H3,(H,16,17,18);(H,3,4)(H,5,6). The van der Waals surface area contributed by atoms with E-state index in [0.29, 0.717) is 46.2 Å². The molecule has 0 radical (unpaired) electrons. The molecule has 0 fully saturated rings. The van der Waals surface area contributed by atoms with Crippen molar-refractivity contribution in [3.63, 3.8) is 0 Å². The third-order valence-electron chi connectivity index (χ3n) is 3.07. The van der Waals surface area contributed by atoms with Gasteiger partial charge in [0.15, 0.2) is 0 Å². The lowest BCUT2D eigenvalue weighted by Crippen LogP contribution is -2.19. The van der Waals surface area contributed by atoms with E-state index in [0.717, 1.165) is 0 Å². The number of esters is 1. The lowest BCUT2D eigenvalue weighted by Gasteiger charge is -2.01. The number of carbonyl (C=O) groups excluding carboxylic acids is 1. The summed E-state index contributed by atoms with van der Waals surface area (Å²) in [6, 6.07) is 0. The highest BCUT2D eigenvalue weighted by Gasteiger charge is 2.19. The van der Waals surface area contributed by atoms with Gasteiger partial charge in [0, 0.05) is 6.54 Å². The van der Waals surface area contributed by atoms with Crippen LogP contribution in [0.15, 0.2) is 17.4 Å². The largest absolute Gasteiger partial charge is 0.473 e. The molecule has 0 saturated heterocycles. The summed E-state index contributed by atoms with van der Waals surface area (Å²) >= 11 is 1.19. The number of carboxylic acid groups (broad SMARTS) is 2. The number of carbonyl (C=O) groups is 3. The molecule has 2 rings (SSSR count). The van der Waals surface area contributed by atoms with Gasteiger partial charge in [-0.1, -0.05) is 6.08 Å². The predicted molar refractivity (Wildman–Crippen MR) is 98.1 cm³/mol. The average molecular weight is 397 g/mol. The van der Waals surface area contributed by atoms with E-state index >= 15 is 0 Å². The zero-order valence-electron chi connectivity index (χ0n) is 14.7. The maximum atomic E-state index is 12.2. The lowest BCUT2D eigenvalue weighted by atomic mass is 10.2. The molecule has 2 heterocycles. The number of nitrogens with zero attached hydrogens (tertiary/aromatic N) is 1. The third-order valence-corrected chi connectivity index (χ3v) is 4.24. The number of nitrogens with one attached hydrogen (secondary N) is 2. The van der Waals surface area contributed by atoms with Crippen LogP contribution in [0.4, 0.5) is 0 Å². The molecule has 0 spiro atoms. The zero-order valence-corrected chi connectivity index (χ0v) is 15.5. The van der Waals surface area contributed by atoms with E-state index in [1.165, 1.54) is 11.3 Å². The number of aliphatic carboxylic acids is 2. The number of hydrogen-bond donors (Lipinski definition) is 4. The van der Waals surface area contributed by atoms with Crippen LogP contribution in [0.5, 0.6) is 0 Å². The van der Waals surface area contributed by atoms with Gasteiger partial charge in [0.05, 0.1) is 18.5 Å². The molecule has 2 aromatic rings. The van der Waals surface area contributed by atoms with Crippen molar-refractivity contribution in [1.29, 1.82) is 0 Å². The van der Waals surface area contributed by atoms with Crippen LogP contribution in [0.1, 0.15) is 28.0 Å². The number of thiophene rings is 1. The van der Waals surface area contributed by atoms with Crippen LogP contribution in [0.3, 0.4) is 0 Å². The Labute approximate surface area is 157 Å². The molecular formula is C16H19N3O7S. The van der Waals surface area contributed by atoms with Gasteiger partial charge in [-0.15, -0.1) is 17.9 Å². The molecule has 0 aliphatic rings. The monoisotopic (exact) mass is 397 g/mol. The van der Waals surface area contributed by atoms with E-state index in [-0.39, 0.29) is 5.56 Å². The second-order valence-corrected chi connectivity index (χ2v) is 6.00. The molecule has 0 unspecified atom stereocenters. The molecule has 0 amide bonds. The molecule has 0 atom stereocenters. The lowest BCUT2D eigenvalue weighted by molar-refractivity contribution is -0.159. The Balaban J connectivity index is 0.000000527. The normalized spacial score (nSPS) is 10.0. The Bertz CT molecular complexity index is 905. The van der Waals surface area contributed by atoms with Crippen molar-refractivity contribution >= 4 is 39.5 Å². The summed E-state index contributed by atoms with van der Waals surface area (Å²) in [5.41, 5.74) is 0.382. The second kappa shape index (κ2) is 10.2. The predicted octanol–water partition coefficient (Wildman–Crippen LogP) is 0.901. The van der Waals surface area contributed by atoms with Gasteiger partial charge in [-0.25, -0.2) is 19.4 Å². The number of H-pyrrole nitrogens is 1. The van der Waals surface area contributed by atoms with Crippen LogP contribution in [0.2, 0.25) is 0 Å². The fourth-order valence-corrected chi connectivity index (χ4v) is 3.05. The maximum absolute atomic E-state index is 12.2. The summed E-state index contributed by atoms with van der Waals surface area (Å²) in [7, 11) is 0. The number of aromatic nitrogens is 2. The van der Waals surface area contributed by atoms with Crippen molar-refractivity contribution in [3.05, 3.63) is 39.3 Å². The van der Waals surface area contributed by atoms with Gasteiger partial charge in [0.25, 0.3) is 5.56 Å². The van der Waals surface area contributed by atoms with Gasteiger partial charge in [0.1, 0.15) is 15.5 Å². The number of ether oxygens (including phenoxy) is 1. The van der Waals surface area contributed by atoms with Crippen LogP contribution in [0.25, 0.3) is 10.2 Å². The molecule has 146 valence electrons. The highest BCUT2D eigenvalue weighted by atomic mass is 32.1. The molecule has 0 aliphatic heterocycles. The first-order valence-corrected chi connectivity index (χ1v) is 8.51. The van der Waals surface area contributed by atoms with E-state index in [4.69, 9.17) is 24.5 Å². The molecule has 4 N–H and O–H groups in total. The minimum absolute atomic E-state index is 0.236. The van der Waals surface area contributed by atoms with Gasteiger partial charge in [-0.05, 0) is 19.4 Å². The molecule has 11 heteroatoms. The second-order valence-electron chi connectivity index (χ2n) is 5.00. The number of rotatable bonds is 6. The molecule has 27 heavy (non-hydrogen) atoms. The van der Waals surface area contributed by atoms with Gasteiger partial charge in [-0.3, -0.25) is 4.79 Å². The number of fused-ring (bicyclic) bond motifs is 1. The van der Waals surface area contributed by atoms with E-state index < -0.39 is 17.9 Å². The van der Waals surface area contributed by atoms with E-state index in [1.807, 2.05) is 0 Å². The molecule has 0 aliphatic carbocycles. The van der Waals surface area contributed by atoms with Crippen molar-refractivity contribution in [3.8, 4) is 0 Å². The summed E-state index contributed by atoms with van der Waals surface area (Å²) in [5.74, 6) is -3.53. The average Bonchev–Trinajstić information content (AvgIpc) is 2.93. The van der Waals surface area contributed by atoms with Crippen LogP contribution >= 0.6 is 11.3 Å². The van der Waals surface area contributed by atoms with E-state index in [9.17, 15) is 9.59 Å². The molecule has 2 aromatic heterocycles. The first kappa shape index (κ1) is 22.0. The summed E-state index contributed by atoms with van der Waals surface area (Å²) in [6.45, 7) is 8.44. The van der Waals surface area contributed by atoms with Crippen molar-refractivity contribution < 1.29 is 29.3 Å². The number of aryl methyl sites for hydroxylation is 1. The Morgan fingerprint density at radius 3 is 2.48 bits per heavy atom. The molecule has 10 nitrogen and oxygen atoms in total. The summed E-state index contributed by atoms with van der Waals surface area (Å²) in [4.78, 5) is 50.3. The highest BCUT2D eigenvalue weighted by Crippen LogP contribution is 2.27. The zero-order chi connectivity index (χ0) is 20.6. The molecule has 0 aromatic carbocycles. The summed E-state index contributed by atoms with van der Waals surface area (Å²) in [6.07, 6.45) is 1.73. The van der Waals surface area contributed by atoms with Gasteiger partial charge < -0.3 is 25.3 Å². The number of aromatic amines is 1. The Hall–Kier alpha value is -3.05. The molecule has 0 saturated carbocycles. The fourth-order valence-electron chi connectivity index (χ4n) is 1.96. The van der Waals surface area contributed by atoms with E-state index in [1.54, 1.807) is 19.9 Å². The minimum Gasteiger partial charge on any atom is -0.473 e. The van der Waals surface area contributed by atoms with Gasteiger partial charge >= 0.3 is 17.9 Å². The van der Waals surface area contributed by atoms with Gasteiger partial charge in [0.2, 0.25) is 0 Å². The molecular weight excluding hydrogens is 378 g/mol. The third kappa shape index (κ3) is 6.01. The van der Waals surface area contributed by atoms with Gasteiger partial charge in [-0.2, -0.15) is 0 Å². The van der Waals surface area contributed by atoms with Crippen molar-refractivity contribution in [1.82, 2.24) is 15.3 Å². The summed E-state index contributed by atoms with van der Waals surface area (Å²) in [5, 5.41) is 18.3. The SMILES string of the molecule is C=CCNCc1nc2sc(C(=O)OCC)c(C)c2c(=O)[nH]1.O=C(O)C(=O)O. The smallest absolute Gasteiger partial charge is 0.414 e. The van der Waals surface area contributed by atoms with Crippen LogP contribution in [0, 0.1) is 6.92 Å². The highest BCUT2D eigenvalue weighted by molar-refractivity contribution is 7.20. The van der Waals surface area contributed by atoms with Crippen LogP contribution < -0.4 is 10.9 Å². The maximum Gasteiger partial charge on any atom is 0.414 e. The Kier molecular flexibility index (Phi) is 8.30. The van der Waals surface area contributed by atoms with Crippen LogP contribution in [-0.4, -0.2) is 51.2 Å². The van der Waals surface area contributed by atoms with Crippen molar-refractivity contribution in [2.75, 3.05) is 13.2 Å². The van der Waals surface area contributed by atoms with E-state index in [2.05, 4.69) is 21.9 Å². The van der Waals surface area contributed by atoms with Crippen LogP contribution in [-0.2, 0) is 20.9 Å². The molecule has 0 bridgehead atoms. The minimum atomic E-state index is -1.82. The Morgan fingerprint density at radius 1 is 1.33 bits per heavy atom. The number of carboxylic acids is 2. The topological polar surface area (TPSA) is 159 Å². The first-order chi connectivity index (χ1) is 12.7. The number of hydrogen-bond acceptors (Lipinski definition) is 8. The fraction of sp³-hybridized carbons (Fsp3) is 0.312. The summed E-state index contributed by atoms with van der Waals surface area (Å²) < 4.78 is 5.00.